The van der Waals surface area contributed by atoms with Crippen LogP contribution in [-0.2, 0) is 9.53 Å². The molecule has 10 heteroatoms. The van der Waals surface area contributed by atoms with Gasteiger partial charge in [0.25, 0.3) is 11.6 Å². The molecule has 2 rings (SSSR count). The summed E-state index contributed by atoms with van der Waals surface area (Å²) >= 11 is 5.93. The molecular weight excluding hydrogens is 378 g/mol. The number of aromatic nitrogens is 1. The summed E-state index contributed by atoms with van der Waals surface area (Å²) in [4.78, 5) is 38.6. The Kier molecular flexibility index (Phi) is 6.67. The zero-order chi connectivity index (χ0) is 20.0. The lowest BCUT2D eigenvalue weighted by atomic mass is 10.2. The molecular formula is C17H16ClN3O6. The number of nitro benzene ring substituents is 1. The van der Waals surface area contributed by atoms with Gasteiger partial charge in [-0.2, -0.15) is 0 Å². The highest BCUT2D eigenvalue weighted by Gasteiger charge is 2.23. The summed E-state index contributed by atoms with van der Waals surface area (Å²) in [7, 11) is 0. The summed E-state index contributed by atoms with van der Waals surface area (Å²) in [5, 5.41) is 13.2. The number of nitrogens with zero attached hydrogens (tertiary/aromatic N) is 2. The second-order valence-electron chi connectivity index (χ2n) is 5.25. The fourth-order valence-electron chi connectivity index (χ4n) is 2.03. The molecule has 0 fully saturated rings. The average molecular weight is 394 g/mol. The van der Waals surface area contributed by atoms with E-state index in [0.717, 1.165) is 6.07 Å². The summed E-state index contributed by atoms with van der Waals surface area (Å²) in [5.41, 5.74) is 0.0384. The molecule has 1 heterocycles. The Hall–Kier alpha value is -3.20. The number of non-ortho nitro benzene ring substituents is 1. The van der Waals surface area contributed by atoms with Crippen molar-refractivity contribution in [2.45, 2.75) is 20.0 Å². The van der Waals surface area contributed by atoms with E-state index in [9.17, 15) is 19.7 Å². The van der Waals surface area contributed by atoms with Crippen LogP contribution in [0.4, 0.5) is 11.4 Å². The van der Waals surface area contributed by atoms with Crippen LogP contribution >= 0.6 is 11.6 Å². The van der Waals surface area contributed by atoms with E-state index >= 15 is 0 Å². The van der Waals surface area contributed by atoms with E-state index in [-0.39, 0.29) is 27.8 Å². The predicted octanol–water partition coefficient (Wildman–Crippen LogP) is 3.23. The fraction of sp³-hybridized carbons (Fsp3) is 0.235. The van der Waals surface area contributed by atoms with Gasteiger partial charge in [0.15, 0.2) is 6.10 Å². The highest BCUT2D eigenvalue weighted by Crippen LogP contribution is 2.27. The number of esters is 1. The SMILES string of the molecule is CCOc1ncccc1C(=O)OC(C)C(=O)Nc1ccc([N+](=O)[O-])cc1Cl. The second kappa shape index (κ2) is 8.95. The number of pyridine rings is 1. The van der Waals surface area contributed by atoms with E-state index < -0.39 is 22.9 Å². The van der Waals surface area contributed by atoms with E-state index in [1.165, 1.54) is 31.3 Å². The molecule has 142 valence electrons. The molecule has 0 spiro atoms. The van der Waals surface area contributed by atoms with Gasteiger partial charge in [0, 0.05) is 18.3 Å². The van der Waals surface area contributed by atoms with Crippen LogP contribution in [0.15, 0.2) is 36.5 Å². The Morgan fingerprint density at radius 1 is 1.37 bits per heavy atom. The number of hydrogen-bond acceptors (Lipinski definition) is 7. The number of carbonyl (C=O) groups excluding carboxylic acids is 2. The van der Waals surface area contributed by atoms with Gasteiger partial charge in [-0.15, -0.1) is 0 Å². The summed E-state index contributed by atoms with van der Waals surface area (Å²) < 4.78 is 10.4. The first kappa shape index (κ1) is 20.1. The van der Waals surface area contributed by atoms with Crippen LogP contribution in [0.3, 0.4) is 0 Å². The van der Waals surface area contributed by atoms with E-state index in [4.69, 9.17) is 21.1 Å². The number of carbonyl (C=O) groups is 2. The third-order valence-electron chi connectivity index (χ3n) is 3.35. The zero-order valence-electron chi connectivity index (χ0n) is 14.5. The van der Waals surface area contributed by atoms with Crippen molar-refractivity contribution < 1.29 is 24.0 Å². The number of benzene rings is 1. The average Bonchev–Trinajstić information content (AvgIpc) is 2.63. The van der Waals surface area contributed by atoms with Crippen LogP contribution in [0.2, 0.25) is 5.02 Å². The molecule has 1 aromatic carbocycles. The lowest BCUT2D eigenvalue weighted by Crippen LogP contribution is -2.30. The van der Waals surface area contributed by atoms with E-state index in [2.05, 4.69) is 10.3 Å². The first-order valence-corrected chi connectivity index (χ1v) is 8.24. The molecule has 0 aliphatic rings. The molecule has 0 aliphatic carbocycles. The van der Waals surface area contributed by atoms with Crippen LogP contribution in [0.5, 0.6) is 5.88 Å². The van der Waals surface area contributed by atoms with E-state index in [0.29, 0.717) is 6.61 Å². The van der Waals surface area contributed by atoms with Crippen LogP contribution < -0.4 is 10.1 Å². The van der Waals surface area contributed by atoms with Gasteiger partial charge in [0.1, 0.15) is 5.56 Å². The molecule has 27 heavy (non-hydrogen) atoms. The number of hydrogen-bond donors (Lipinski definition) is 1. The quantitative estimate of drug-likeness (QED) is 0.435. The van der Waals surface area contributed by atoms with E-state index in [1.54, 1.807) is 13.0 Å². The second-order valence-corrected chi connectivity index (χ2v) is 5.65. The number of nitro groups is 1. The largest absolute Gasteiger partial charge is 0.477 e. The number of nitrogens with one attached hydrogen (secondary N) is 1. The van der Waals surface area contributed by atoms with Gasteiger partial charge in [-0.1, -0.05) is 11.6 Å². The molecule has 1 N–H and O–H groups in total. The van der Waals surface area contributed by atoms with Crippen LogP contribution in [0.1, 0.15) is 24.2 Å². The Morgan fingerprint density at radius 2 is 2.11 bits per heavy atom. The predicted molar refractivity (Wildman–Crippen MR) is 97.0 cm³/mol. The van der Waals surface area contributed by atoms with Crippen LogP contribution in [0, 0.1) is 10.1 Å². The van der Waals surface area contributed by atoms with Crippen molar-refractivity contribution in [3.63, 3.8) is 0 Å². The standard InChI is InChI=1S/C17H16ClN3O6/c1-3-26-16-12(5-4-8-19-16)17(23)27-10(2)15(22)20-14-7-6-11(21(24)25)9-13(14)18/h4-10H,3H2,1-2H3,(H,20,22). The smallest absolute Gasteiger partial charge is 0.344 e. The van der Waals surface area contributed by atoms with Crippen molar-refractivity contribution in [1.82, 2.24) is 4.98 Å². The van der Waals surface area contributed by atoms with Crippen LogP contribution in [0.25, 0.3) is 0 Å². The maximum Gasteiger partial charge on any atom is 0.344 e. The topological polar surface area (TPSA) is 121 Å². The van der Waals surface area contributed by atoms with Gasteiger partial charge in [0.2, 0.25) is 5.88 Å². The minimum atomic E-state index is -1.15. The third kappa shape index (κ3) is 5.14. The number of amides is 1. The molecule has 0 radical (unpaired) electrons. The van der Waals surface area contributed by atoms with Crippen LogP contribution in [-0.4, -0.2) is 34.5 Å². The number of ether oxygens (including phenoxy) is 2. The molecule has 2 aromatic rings. The maximum absolute atomic E-state index is 12.3. The minimum absolute atomic E-state index is 0.0121. The first-order chi connectivity index (χ1) is 12.8. The molecule has 9 nitrogen and oxygen atoms in total. The Morgan fingerprint density at radius 3 is 2.74 bits per heavy atom. The summed E-state index contributed by atoms with van der Waals surface area (Å²) in [6.45, 7) is 3.43. The number of anilines is 1. The summed E-state index contributed by atoms with van der Waals surface area (Å²) in [6, 6.07) is 6.61. The highest BCUT2D eigenvalue weighted by molar-refractivity contribution is 6.34. The molecule has 1 amide bonds. The zero-order valence-corrected chi connectivity index (χ0v) is 15.2. The van der Waals surface area contributed by atoms with Gasteiger partial charge in [0.05, 0.1) is 22.2 Å². The van der Waals surface area contributed by atoms with Gasteiger partial charge in [-0.25, -0.2) is 9.78 Å². The normalized spacial score (nSPS) is 11.4. The number of rotatable bonds is 7. The van der Waals surface area contributed by atoms with E-state index in [1.807, 2.05) is 0 Å². The Bertz CT molecular complexity index is 873. The third-order valence-corrected chi connectivity index (χ3v) is 3.66. The molecule has 0 saturated carbocycles. The van der Waals surface area contributed by atoms with Crippen molar-refractivity contribution in [3.8, 4) is 5.88 Å². The van der Waals surface area contributed by atoms with Crippen molar-refractivity contribution in [3.05, 3.63) is 57.2 Å². The fourth-order valence-corrected chi connectivity index (χ4v) is 2.25. The van der Waals surface area contributed by atoms with Crippen molar-refractivity contribution in [1.29, 1.82) is 0 Å². The lowest BCUT2D eigenvalue weighted by molar-refractivity contribution is -0.384. The summed E-state index contributed by atoms with van der Waals surface area (Å²) in [6.07, 6.45) is 0.313. The van der Waals surface area contributed by atoms with Gasteiger partial charge < -0.3 is 14.8 Å². The van der Waals surface area contributed by atoms with Gasteiger partial charge in [-0.3, -0.25) is 14.9 Å². The monoisotopic (exact) mass is 393 g/mol. The summed E-state index contributed by atoms with van der Waals surface area (Å²) in [5.74, 6) is -1.32. The first-order valence-electron chi connectivity index (χ1n) is 7.87. The Labute approximate surface area is 159 Å². The maximum atomic E-state index is 12.3. The molecule has 0 bridgehead atoms. The molecule has 1 aromatic heterocycles. The van der Waals surface area contributed by atoms with Crippen molar-refractivity contribution in [2.24, 2.45) is 0 Å². The minimum Gasteiger partial charge on any atom is -0.477 e. The molecule has 1 unspecified atom stereocenters. The van der Waals surface area contributed by atoms with Gasteiger partial charge >= 0.3 is 5.97 Å². The van der Waals surface area contributed by atoms with Crippen molar-refractivity contribution in [2.75, 3.05) is 11.9 Å². The molecule has 1 atom stereocenters. The molecule has 0 saturated heterocycles. The number of halogens is 1. The Balaban J connectivity index is 2.06. The lowest BCUT2D eigenvalue weighted by Gasteiger charge is -2.15. The highest BCUT2D eigenvalue weighted by atomic mass is 35.5. The van der Waals surface area contributed by atoms with Crippen molar-refractivity contribution >= 4 is 34.9 Å². The van der Waals surface area contributed by atoms with Gasteiger partial charge in [-0.05, 0) is 32.0 Å². The molecule has 0 aliphatic heterocycles.